The molecule has 0 bridgehead atoms. The molecule has 2 aromatic rings. The van der Waals surface area contributed by atoms with Crippen molar-refractivity contribution in [2.24, 2.45) is 0 Å². The van der Waals surface area contributed by atoms with Crippen LogP contribution in [0.15, 0.2) is 28.8 Å². The molecule has 0 saturated heterocycles. The van der Waals surface area contributed by atoms with Crippen LogP contribution in [-0.4, -0.2) is 10.1 Å². The second-order valence-corrected chi connectivity index (χ2v) is 3.92. The Kier molecular flexibility index (Phi) is 3.36. The first-order valence-corrected chi connectivity index (χ1v) is 5.42. The third kappa shape index (κ3) is 2.53. The zero-order chi connectivity index (χ0) is 13.1. The zero-order valence-electron chi connectivity index (χ0n) is 9.72. The lowest BCUT2D eigenvalue weighted by atomic mass is 10.1. The Labute approximate surface area is 102 Å². The van der Waals surface area contributed by atoms with Gasteiger partial charge in [0.25, 0.3) is 0 Å². The molecule has 0 aliphatic carbocycles. The number of nitro groups is 1. The minimum absolute atomic E-state index is 0.0721. The normalized spacial score (nSPS) is 10.6. The Morgan fingerprint density at radius 1 is 1.33 bits per heavy atom. The molecule has 0 radical (unpaired) electrons. The molecule has 0 unspecified atom stereocenters. The topological polar surface area (TPSA) is 69.2 Å². The summed E-state index contributed by atoms with van der Waals surface area (Å²) < 4.78 is 17.6. The second kappa shape index (κ2) is 4.95. The van der Waals surface area contributed by atoms with Crippen molar-refractivity contribution < 1.29 is 13.8 Å². The van der Waals surface area contributed by atoms with Crippen LogP contribution >= 0.6 is 0 Å². The van der Waals surface area contributed by atoms with Gasteiger partial charge in [-0.1, -0.05) is 17.3 Å². The molecular weight excluding hydrogens is 239 g/mol. The fourth-order valence-electron chi connectivity index (χ4n) is 1.72. The molecule has 0 spiro atoms. The van der Waals surface area contributed by atoms with E-state index in [0.717, 1.165) is 5.56 Å². The number of benzene rings is 1. The number of nitrogens with zero attached hydrogens (tertiary/aromatic N) is 2. The van der Waals surface area contributed by atoms with Gasteiger partial charge in [0, 0.05) is 6.42 Å². The highest BCUT2D eigenvalue weighted by molar-refractivity contribution is 5.38. The lowest BCUT2D eigenvalue weighted by Gasteiger charge is -1.98. The molecule has 1 aromatic heterocycles. The summed E-state index contributed by atoms with van der Waals surface area (Å²) >= 11 is 0. The van der Waals surface area contributed by atoms with E-state index in [2.05, 4.69) is 5.16 Å². The fourth-order valence-corrected chi connectivity index (χ4v) is 1.72. The van der Waals surface area contributed by atoms with E-state index in [0.29, 0.717) is 12.8 Å². The van der Waals surface area contributed by atoms with E-state index in [9.17, 15) is 14.5 Å². The number of rotatable bonds is 4. The first-order valence-electron chi connectivity index (χ1n) is 5.42. The van der Waals surface area contributed by atoms with Gasteiger partial charge in [0.2, 0.25) is 5.76 Å². The highest BCUT2D eigenvalue weighted by Crippen LogP contribution is 2.23. The summed E-state index contributed by atoms with van der Waals surface area (Å²) in [5.41, 5.74) is 1.09. The molecule has 0 fully saturated rings. The third-order valence-corrected chi connectivity index (χ3v) is 2.64. The molecule has 1 heterocycles. The molecule has 0 N–H and O–H groups in total. The molecule has 2 rings (SSSR count). The molecular formula is C12H11FN2O3. The van der Waals surface area contributed by atoms with Gasteiger partial charge in [-0.05, 0) is 31.0 Å². The standard InChI is InChI=1S/C12H11FN2O3/c1-8-12(15(16)17)11(18-14-8)7-4-9-2-5-10(13)6-3-9/h2-3,5-6H,4,7H2,1H3. The Morgan fingerprint density at radius 3 is 2.61 bits per heavy atom. The molecule has 18 heavy (non-hydrogen) atoms. The summed E-state index contributed by atoms with van der Waals surface area (Å²) in [6.07, 6.45) is 0.901. The van der Waals surface area contributed by atoms with Crippen molar-refractivity contribution in [3.63, 3.8) is 0 Å². The van der Waals surface area contributed by atoms with E-state index in [4.69, 9.17) is 4.52 Å². The van der Waals surface area contributed by atoms with Crippen LogP contribution in [0.25, 0.3) is 0 Å². The summed E-state index contributed by atoms with van der Waals surface area (Å²) in [6.45, 7) is 1.53. The van der Waals surface area contributed by atoms with Crippen LogP contribution in [0.5, 0.6) is 0 Å². The average Bonchev–Trinajstić information content (AvgIpc) is 2.70. The van der Waals surface area contributed by atoms with Crippen LogP contribution in [0.1, 0.15) is 17.0 Å². The summed E-state index contributed by atoms with van der Waals surface area (Å²) in [7, 11) is 0. The lowest BCUT2D eigenvalue weighted by molar-refractivity contribution is -0.386. The summed E-state index contributed by atoms with van der Waals surface area (Å²) in [6, 6.07) is 6.00. The van der Waals surface area contributed by atoms with Crippen molar-refractivity contribution >= 4 is 5.69 Å². The van der Waals surface area contributed by atoms with Crippen molar-refractivity contribution in [2.75, 3.05) is 0 Å². The van der Waals surface area contributed by atoms with Gasteiger partial charge in [-0.3, -0.25) is 10.1 Å². The van der Waals surface area contributed by atoms with Crippen LogP contribution < -0.4 is 0 Å². The van der Waals surface area contributed by atoms with E-state index < -0.39 is 4.92 Å². The predicted molar refractivity (Wildman–Crippen MR) is 61.7 cm³/mol. The van der Waals surface area contributed by atoms with Crippen LogP contribution in [0.3, 0.4) is 0 Å². The number of hydrogen-bond donors (Lipinski definition) is 0. The Bertz CT molecular complexity index is 563. The van der Waals surface area contributed by atoms with Gasteiger partial charge in [-0.25, -0.2) is 4.39 Å². The van der Waals surface area contributed by atoms with Gasteiger partial charge in [0.1, 0.15) is 5.82 Å². The van der Waals surface area contributed by atoms with Crippen LogP contribution in [0.4, 0.5) is 10.1 Å². The van der Waals surface area contributed by atoms with E-state index >= 15 is 0 Å². The predicted octanol–water partition coefficient (Wildman–Crippen LogP) is 2.82. The Balaban J connectivity index is 2.11. The quantitative estimate of drug-likeness (QED) is 0.618. The highest BCUT2D eigenvalue weighted by Gasteiger charge is 2.23. The first kappa shape index (κ1) is 12.2. The Morgan fingerprint density at radius 2 is 2.00 bits per heavy atom. The van der Waals surface area contributed by atoms with Crippen molar-refractivity contribution in [1.82, 2.24) is 5.16 Å². The van der Waals surface area contributed by atoms with Crippen LogP contribution in [0, 0.1) is 22.9 Å². The van der Waals surface area contributed by atoms with E-state index in [1.807, 2.05) is 0 Å². The van der Waals surface area contributed by atoms with Crippen molar-refractivity contribution in [2.45, 2.75) is 19.8 Å². The maximum atomic E-state index is 12.7. The van der Waals surface area contributed by atoms with Gasteiger partial charge in [0.05, 0.1) is 4.92 Å². The van der Waals surface area contributed by atoms with Gasteiger partial charge >= 0.3 is 5.69 Å². The zero-order valence-corrected chi connectivity index (χ0v) is 9.72. The van der Waals surface area contributed by atoms with Crippen LogP contribution in [0.2, 0.25) is 0 Å². The molecule has 6 heteroatoms. The molecule has 5 nitrogen and oxygen atoms in total. The van der Waals surface area contributed by atoms with Crippen molar-refractivity contribution in [1.29, 1.82) is 0 Å². The van der Waals surface area contributed by atoms with Gasteiger partial charge < -0.3 is 4.52 Å². The van der Waals surface area contributed by atoms with Gasteiger partial charge in [0.15, 0.2) is 5.69 Å². The molecule has 1 aromatic carbocycles. The Hall–Kier alpha value is -2.24. The summed E-state index contributed by atoms with van der Waals surface area (Å²) in [5.74, 6) is -0.0536. The number of aromatic nitrogens is 1. The molecule has 0 saturated carbocycles. The van der Waals surface area contributed by atoms with Crippen molar-refractivity contribution in [3.05, 3.63) is 57.2 Å². The molecule has 0 atom stereocenters. The number of halogens is 1. The summed E-state index contributed by atoms with van der Waals surface area (Å²) in [5, 5.41) is 14.4. The van der Waals surface area contributed by atoms with Gasteiger partial charge in [-0.2, -0.15) is 0 Å². The number of aryl methyl sites for hydroxylation is 3. The lowest BCUT2D eigenvalue weighted by Crippen LogP contribution is -1.96. The minimum Gasteiger partial charge on any atom is -0.354 e. The maximum Gasteiger partial charge on any atom is 0.334 e. The SMILES string of the molecule is Cc1noc(CCc2ccc(F)cc2)c1[N+](=O)[O-]. The van der Waals surface area contributed by atoms with Crippen LogP contribution in [-0.2, 0) is 12.8 Å². The third-order valence-electron chi connectivity index (χ3n) is 2.64. The summed E-state index contributed by atoms with van der Waals surface area (Å²) in [4.78, 5) is 10.3. The van der Waals surface area contributed by atoms with E-state index in [-0.39, 0.29) is 23.0 Å². The fraction of sp³-hybridized carbons (Fsp3) is 0.250. The molecule has 0 aliphatic heterocycles. The first-order chi connectivity index (χ1) is 8.58. The smallest absolute Gasteiger partial charge is 0.334 e. The molecule has 94 valence electrons. The highest BCUT2D eigenvalue weighted by atomic mass is 19.1. The number of hydrogen-bond acceptors (Lipinski definition) is 4. The van der Waals surface area contributed by atoms with Crippen molar-refractivity contribution in [3.8, 4) is 0 Å². The van der Waals surface area contributed by atoms with E-state index in [1.165, 1.54) is 19.1 Å². The van der Waals surface area contributed by atoms with Gasteiger partial charge in [-0.15, -0.1) is 0 Å². The minimum atomic E-state index is -0.494. The average molecular weight is 250 g/mol. The largest absolute Gasteiger partial charge is 0.354 e. The molecule has 0 aliphatic rings. The molecule has 0 amide bonds. The van der Waals surface area contributed by atoms with E-state index in [1.54, 1.807) is 12.1 Å². The second-order valence-electron chi connectivity index (χ2n) is 3.92. The maximum absolute atomic E-state index is 12.7. The monoisotopic (exact) mass is 250 g/mol.